The van der Waals surface area contributed by atoms with Crippen LogP contribution in [0, 0.1) is 5.82 Å². The standard InChI is InChI=1S/C24H22FN3O3/c1-3-15-6-9-20(19(25)12-15)31-23-21-18(10-11-27-23)14-28(24(21)30)13-16-4-7-17(8-5-16)22(29)26-2/h4-12H,3,13-14H2,1-2H3,(H,26,29). The lowest BCUT2D eigenvalue weighted by Gasteiger charge is -2.16. The number of hydrogen-bond acceptors (Lipinski definition) is 4. The highest BCUT2D eigenvalue weighted by atomic mass is 19.1. The minimum Gasteiger partial charge on any atom is -0.435 e. The summed E-state index contributed by atoms with van der Waals surface area (Å²) in [5, 5.41) is 2.58. The summed E-state index contributed by atoms with van der Waals surface area (Å²) in [5.74, 6) is -0.739. The van der Waals surface area contributed by atoms with E-state index < -0.39 is 5.82 Å². The molecule has 0 atom stereocenters. The van der Waals surface area contributed by atoms with Gasteiger partial charge in [0.1, 0.15) is 5.56 Å². The molecule has 2 aromatic carbocycles. The van der Waals surface area contributed by atoms with E-state index in [0.29, 0.717) is 30.6 Å². The van der Waals surface area contributed by atoms with Crippen molar-refractivity contribution in [2.75, 3.05) is 7.05 Å². The number of carbonyl (C=O) groups is 2. The Morgan fingerprint density at radius 3 is 2.58 bits per heavy atom. The van der Waals surface area contributed by atoms with Gasteiger partial charge in [-0.15, -0.1) is 0 Å². The molecular weight excluding hydrogens is 397 g/mol. The van der Waals surface area contributed by atoms with Crippen LogP contribution in [0.4, 0.5) is 4.39 Å². The highest BCUT2D eigenvalue weighted by molar-refractivity contribution is 6.00. The SMILES string of the molecule is CCc1ccc(Oc2nccc3c2C(=O)N(Cc2ccc(C(=O)NC)cc2)C3)c(F)c1. The van der Waals surface area contributed by atoms with Gasteiger partial charge >= 0.3 is 0 Å². The normalized spacial score (nSPS) is 12.6. The van der Waals surface area contributed by atoms with Crippen molar-refractivity contribution in [2.45, 2.75) is 26.4 Å². The number of amides is 2. The maximum absolute atomic E-state index is 14.4. The van der Waals surface area contributed by atoms with Gasteiger partial charge in [-0.05, 0) is 53.4 Å². The Morgan fingerprint density at radius 2 is 1.90 bits per heavy atom. The Morgan fingerprint density at radius 1 is 1.16 bits per heavy atom. The third-order valence-electron chi connectivity index (χ3n) is 5.29. The zero-order chi connectivity index (χ0) is 22.0. The molecule has 4 rings (SSSR count). The molecule has 1 aliphatic rings. The van der Waals surface area contributed by atoms with Crippen LogP contribution in [0.25, 0.3) is 0 Å². The predicted octanol–water partition coefficient (Wildman–Crippen LogP) is 4.09. The van der Waals surface area contributed by atoms with Gasteiger partial charge in [0.25, 0.3) is 11.8 Å². The van der Waals surface area contributed by atoms with Gasteiger partial charge < -0.3 is 15.0 Å². The first-order chi connectivity index (χ1) is 15.0. The smallest absolute Gasteiger partial charge is 0.260 e. The van der Waals surface area contributed by atoms with Crippen molar-refractivity contribution >= 4 is 11.8 Å². The highest BCUT2D eigenvalue weighted by Crippen LogP contribution is 2.33. The molecule has 1 aliphatic heterocycles. The molecule has 3 aromatic rings. The van der Waals surface area contributed by atoms with E-state index >= 15 is 0 Å². The molecule has 31 heavy (non-hydrogen) atoms. The predicted molar refractivity (Wildman–Crippen MR) is 113 cm³/mol. The van der Waals surface area contributed by atoms with Gasteiger partial charge in [0, 0.05) is 31.9 Å². The number of halogens is 1. The summed E-state index contributed by atoms with van der Waals surface area (Å²) in [6.45, 7) is 2.72. The number of nitrogens with zero attached hydrogens (tertiary/aromatic N) is 2. The van der Waals surface area contributed by atoms with Crippen molar-refractivity contribution in [3.63, 3.8) is 0 Å². The van der Waals surface area contributed by atoms with E-state index in [9.17, 15) is 14.0 Å². The molecule has 1 N–H and O–H groups in total. The minimum atomic E-state index is -0.489. The number of fused-ring (bicyclic) bond motifs is 1. The van der Waals surface area contributed by atoms with Gasteiger partial charge in [0.15, 0.2) is 11.6 Å². The number of aromatic nitrogens is 1. The van der Waals surface area contributed by atoms with Gasteiger partial charge in [-0.1, -0.05) is 25.1 Å². The Hall–Kier alpha value is -3.74. The molecule has 0 aliphatic carbocycles. The first-order valence-electron chi connectivity index (χ1n) is 10.0. The van der Waals surface area contributed by atoms with Crippen LogP contribution in [-0.4, -0.2) is 28.7 Å². The molecule has 7 heteroatoms. The van der Waals surface area contributed by atoms with Crippen molar-refractivity contribution < 1.29 is 18.7 Å². The minimum absolute atomic E-state index is 0.0362. The first kappa shape index (κ1) is 20.5. The first-order valence-corrected chi connectivity index (χ1v) is 10.0. The van der Waals surface area contributed by atoms with Crippen molar-refractivity contribution in [3.8, 4) is 11.6 Å². The fourth-order valence-corrected chi connectivity index (χ4v) is 3.56. The Kier molecular flexibility index (Phi) is 5.66. The molecule has 2 heterocycles. The Labute approximate surface area is 179 Å². The summed E-state index contributed by atoms with van der Waals surface area (Å²) in [5.41, 5.74) is 3.44. The average molecular weight is 419 g/mol. The third-order valence-corrected chi connectivity index (χ3v) is 5.29. The lowest BCUT2D eigenvalue weighted by atomic mass is 10.1. The van der Waals surface area contributed by atoms with Crippen LogP contribution in [0.5, 0.6) is 11.6 Å². The maximum Gasteiger partial charge on any atom is 0.260 e. The zero-order valence-electron chi connectivity index (χ0n) is 17.3. The number of aryl methyl sites for hydroxylation is 1. The largest absolute Gasteiger partial charge is 0.435 e. The molecule has 0 radical (unpaired) electrons. The molecule has 1 aromatic heterocycles. The third kappa shape index (κ3) is 4.12. The van der Waals surface area contributed by atoms with Gasteiger partial charge in [-0.2, -0.15) is 0 Å². The molecule has 0 saturated heterocycles. The number of hydrogen-bond donors (Lipinski definition) is 1. The quantitative estimate of drug-likeness (QED) is 0.653. The second-order valence-electron chi connectivity index (χ2n) is 7.31. The molecule has 0 unspecified atom stereocenters. The van der Waals surface area contributed by atoms with Gasteiger partial charge in [0.2, 0.25) is 5.88 Å². The fraction of sp³-hybridized carbons (Fsp3) is 0.208. The van der Waals surface area contributed by atoms with Gasteiger partial charge in [0.05, 0.1) is 0 Å². The average Bonchev–Trinajstić information content (AvgIpc) is 3.11. The van der Waals surface area contributed by atoms with E-state index in [0.717, 1.165) is 16.7 Å². The molecule has 2 amide bonds. The monoisotopic (exact) mass is 419 g/mol. The van der Waals surface area contributed by atoms with Crippen LogP contribution in [0.1, 0.15) is 44.3 Å². The summed E-state index contributed by atoms with van der Waals surface area (Å²) in [4.78, 5) is 30.6. The summed E-state index contributed by atoms with van der Waals surface area (Å²) in [6.07, 6.45) is 2.27. The summed E-state index contributed by atoms with van der Waals surface area (Å²) in [6, 6.07) is 13.6. The lowest BCUT2D eigenvalue weighted by Crippen LogP contribution is -2.23. The molecule has 0 fully saturated rings. The topological polar surface area (TPSA) is 71.5 Å². The van der Waals surface area contributed by atoms with Gasteiger partial charge in [-0.3, -0.25) is 9.59 Å². The van der Waals surface area contributed by atoms with E-state index in [1.807, 2.05) is 19.1 Å². The second kappa shape index (κ2) is 8.55. The van der Waals surface area contributed by atoms with Crippen molar-refractivity contribution in [1.29, 1.82) is 0 Å². The second-order valence-corrected chi connectivity index (χ2v) is 7.31. The lowest BCUT2D eigenvalue weighted by molar-refractivity contribution is 0.0764. The van der Waals surface area contributed by atoms with E-state index in [1.165, 1.54) is 6.07 Å². The number of ether oxygens (including phenoxy) is 1. The Balaban J connectivity index is 1.54. The van der Waals surface area contributed by atoms with E-state index in [4.69, 9.17) is 4.74 Å². The van der Waals surface area contributed by atoms with Crippen LogP contribution in [0.3, 0.4) is 0 Å². The van der Waals surface area contributed by atoms with Crippen LogP contribution in [0.15, 0.2) is 54.7 Å². The summed E-state index contributed by atoms with van der Waals surface area (Å²) < 4.78 is 20.1. The van der Waals surface area contributed by atoms with E-state index in [-0.39, 0.29) is 23.4 Å². The highest BCUT2D eigenvalue weighted by Gasteiger charge is 2.32. The van der Waals surface area contributed by atoms with Crippen molar-refractivity contribution in [2.24, 2.45) is 0 Å². The van der Waals surface area contributed by atoms with Crippen molar-refractivity contribution in [3.05, 3.63) is 88.4 Å². The summed E-state index contributed by atoms with van der Waals surface area (Å²) >= 11 is 0. The summed E-state index contributed by atoms with van der Waals surface area (Å²) in [7, 11) is 1.58. The molecule has 6 nitrogen and oxygen atoms in total. The maximum atomic E-state index is 14.4. The number of nitrogens with one attached hydrogen (secondary N) is 1. The van der Waals surface area contributed by atoms with Crippen LogP contribution in [-0.2, 0) is 19.5 Å². The number of pyridine rings is 1. The van der Waals surface area contributed by atoms with Crippen LogP contribution in [0.2, 0.25) is 0 Å². The Bertz CT molecular complexity index is 1150. The number of rotatable bonds is 6. The van der Waals surface area contributed by atoms with Crippen LogP contribution < -0.4 is 10.1 Å². The van der Waals surface area contributed by atoms with E-state index in [1.54, 1.807) is 48.5 Å². The molecule has 0 saturated carbocycles. The zero-order valence-corrected chi connectivity index (χ0v) is 17.3. The molecule has 0 spiro atoms. The molecule has 0 bridgehead atoms. The van der Waals surface area contributed by atoms with Crippen molar-refractivity contribution in [1.82, 2.24) is 15.2 Å². The molecule has 158 valence electrons. The molecular formula is C24H22FN3O3. The van der Waals surface area contributed by atoms with E-state index in [2.05, 4.69) is 10.3 Å². The fourth-order valence-electron chi connectivity index (χ4n) is 3.56. The van der Waals surface area contributed by atoms with Crippen LogP contribution >= 0.6 is 0 Å². The number of benzene rings is 2. The number of carbonyl (C=O) groups excluding carboxylic acids is 2. The van der Waals surface area contributed by atoms with Gasteiger partial charge in [-0.25, -0.2) is 9.37 Å².